The molecule has 6 rings (SSSR count). The average molecular weight is 580 g/mol. The number of hydrogen-bond acceptors (Lipinski definition) is 7. The molecule has 0 bridgehead atoms. The molecule has 0 saturated carbocycles. The topological polar surface area (TPSA) is 99.0 Å². The first-order valence-corrected chi connectivity index (χ1v) is 14.6. The van der Waals surface area contributed by atoms with E-state index in [0.29, 0.717) is 44.2 Å². The van der Waals surface area contributed by atoms with Crippen molar-refractivity contribution < 1.29 is 19.1 Å². The van der Waals surface area contributed by atoms with Crippen molar-refractivity contribution in [3.8, 4) is 5.75 Å². The minimum absolute atomic E-state index is 0.0150. The fraction of sp³-hybridized carbons (Fsp3) is 0.212. The molecule has 0 spiro atoms. The highest BCUT2D eigenvalue weighted by atomic mass is 32.1. The van der Waals surface area contributed by atoms with Crippen LogP contribution in [0.3, 0.4) is 0 Å². The highest BCUT2D eigenvalue weighted by molar-refractivity contribution is 7.07. The van der Waals surface area contributed by atoms with Gasteiger partial charge >= 0.3 is 5.97 Å². The summed E-state index contributed by atoms with van der Waals surface area (Å²) in [4.78, 5) is 46.5. The van der Waals surface area contributed by atoms with Gasteiger partial charge in [-0.05, 0) is 57.5 Å². The maximum atomic E-state index is 14.3. The lowest BCUT2D eigenvalue weighted by atomic mass is 9.93. The maximum Gasteiger partial charge on any atom is 0.338 e. The van der Waals surface area contributed by atoms with Gasteiger partial charge in [0.1, 0.15) is 10.3 Å². The molecular weight excluding hydrogens is 550 g/mol. The SMILES string of the molecule is CCOC(=O)C1=C(c2ccccc2)N=c2s/c(=C3/C(=O)Nc4ccc(C)cc43)c(=O)n2[C@@H]1c1ccc(OC(C)C)cc1. The Morgan fingerprint density at radius 2 is 1.79 bits per heavy atom. The van der Waals surface area contributed by atoms with Gasteiger partial charge in [-0.15, -0.1) is 0 Å². The van der Waals surface area contributed by atoms with Gasteiger partial charge in [0, 0.05) is 16.8 Å². The number of hydrogen-bond donors (Lipinski definition) is 1. The second-order valence-electron chi connectivity index (χ2n) is 10.4. The number of carbonyl (C=O) groups excluding carboxylic acids is 2. The zero-order chi connectivity index (χ0) is 29.5. The summed E-state index contributed by atoms with van der Waals surface area (Å²) in [6.45, 7) is 7.72. The van der Waals surface area contributed by atoms with Crippen molar-refractivity contribution >= 4 is 40.2 Å². The summed E-state index contributed by atoms with van der Waals surface area (Å²) >= 11 is 1.14. The molecule has 1 aromatic heterocycles. The molecule has 2 aliphatic heterocycles. The Balaban J connectivity index is 1.67. The molecule has 0 unspecified atom stereocenters. The predicted octanol–water partition coefficient (Wildman–Crippen LogP) is 4.35. The third kappa shape index (κ3) is 4.75. The third-order valence-electron chi connectivity index (χ3n) is 7.06. The van der Waals surface area contributed by atoms with Crippen LogP contribution < -0.4 is 24.9 Å². The number of aromatic nitrogens is 1. The van der Waals surface area contributed by atoms with Gasteiger partial charge in [0.2, 0.25) is 0 Å². The number of fused-ring (bicyclic) bond motifs is 2. The summed E-state index contributed by atoms with van der Waals surface area (Å²) in [5.41, 5.74) is 4.26. The van der Waals surface area contributed by atoms with Crippen molar-refractivity contribution in [1.82, 2.24) is 4.57 Å². The molecule has 2 aliphatic rings. The van der Waals surface area contributed by atoms with Gasteiger partial charge in [0.25, 0.3) is 11.5 Å². The Morgan fingerprint density at radius 3 is 2.48 bits per heavy atom. The summed E-state index contributed by atoms with van der Waals surface area (Å²) in [7, 11) is 0. The largest absolute Gasteiger partial charge is 0.491 e. The molecular formula is C33H29N3O5S. The summed E-state index contributed by atoms with van der Waals surface area (Å²) in [5, 5.41) is 2.88. The van der Waals surface area contributed by atoms with E-state index >= 15 is 0 Å². The van der Waals surface area contributed by atoms with Crippen LogP contribution >= 0.6 is 11.3 Å². The third-order valence-corrected chi connectivity index (χ3v) is 8.12. The number of rotatable bonds is 6. The lowest BCUT2D eigenvalue weighted by Crippen LogP contribution is -2.40. The molecule has 0 aliphatic carbocycles. The number of anilines is 1. The molecule has 1 amide bonds. The minimum Gasteiger partial charge on any atom is -0.491 e. The maximum absolute atomic E-state index is 14.3. The number of nitrogens with zero attached hydrogens (tertiary/aromatic N) is 2. The van der Waals surface area contributed by atoms with Crippen LogP contribution in [-0.4, -0.2) is 29.2 Å². The van der Waals surface area contributed by atoms with Crippen molar-refractivity contribution in [2.45, 2.75) is 39.8 Å². The fourth-order valence-corrected chi connectivity index (χ4v) is 6.41. The number of carbonyl (C=O) groups is 2. The van der Waals surface area contributed by atoms with Gasteiger partial charge in [-0.2, -0.15) is 0 Å². The molecule has 0 saturated heterocycles. The van der Waals surface area contributed by atoms with E-state index in [2.05, 4.69) is 5.32 Å². The molecule has 42 heavy (non-hydrogen) atoms. The molecule has 212 valence electrons. The van der Waals surface area contributed by atoms with Gasteiger partial charge < -0.3 is 14.8 Å². The minimum atomic E-state index is -0.848. The molecule has 3 heterocycles. The Kier molecular flexibility index (Phi) is 7.12. The average Bonchev–Trinajstić information content (AvgIpc) is 3.47. The lowest BCUT2D eigenvalue weighted by Gasteiger charge is -2.26. The van der Waals surface area contributed by atoms with E-state index < -0.39 is 17.6 Å². The number of amides is 1. The number of benzene rings is 3. The van der Waals surface area contributed by atoms with Crippen LogP contribution in [0.2, 0.25) is 0 Å². The van der Waals surface area contributed by atoms with Crippen molar-refractivity contribution in [2.75, 3.05) is 11.9 Å². The summed E-state index contributed by atoms with van der Waals surface area (Å²) in [6.07, 6.45) is -0.0150. The number of nitrogens with one attached hydrogen (secondary N) is 1. The normalized spacial score (nSPS) is 17.0. The van der Waals surface area contributed by atoms with E-state index in [1.165, 1.54) is 4.57 Å². The van der Waals surface area contributed by atoms with Gasteiger partial charge in [0.05, 0.1) is 35.6 Å². The standard InChI is InChI=1S/C33H29N3O5S/c1-5-40-32(39)26-27(20-9-7-6-8-10-20)35-33-36(28(26)21-12-14-22(15-13-21)41-18(2)3)31(38)29(42-33)25-23-17-19(4)11-16-24(23)34-30(25)37/h6-18,28H,5H2,1-4H3,(H,34,37)/b29-25+/t28-/m1/s1. The highest BCUT2D eigenvalue weighted by Crippen LogP contribution is 2.36. The number of thiazole rings is 1. The Labute approximate surface area is 246 Å². The molecule has 8 nitrogen and oxygen atoms in total. The van der Waals surface area contributed by atoms with E-state index in [-0.39, 0.29) is 28.7 Å². The van der Waals surface area contributed by atoms with Crippen LogP contribution in [0, 0.1) is 6.92 Å². The quantitative estimate of drug-likeness (QED) is 0.343. The summed E-state index contributed by atoms with van der Waals surface area (Å²) in [5.74, 6) is -0.242. The molecule has 9 heteroatoms. The van der Waals surface area contributed by atoms with Gasteiger partial charge in [-0.1, -0.05) is 65.4 Å². The van der Waals surface area contributed by atoms with Gasteiger partial charge in [-0.25, -0.2) is 9.79 Å². The van der Waals surface area contributed by atoms with Crippen LogP contribution in [0.5, 0.6) is 5.75 Å². The van der Waals surface area contributed by atoms with Crippen molar-refractivity contribution in [3.05, 3.63) is 120 Å². The van der Waals surface area contributed by atoms with Crippen molar-refractivity contribution in [2.24, 2.45) is 4.99 Å². The first kappa shape index (κ1) is 27.4. The van der Waals surface area contributed by atoms with E-state index in [9.17, 15) is 14.4 Å². The number of aryl methyl sites for hydroxylation is 1. The van der Waals surface area contributed by atoms with E-state index in [1.807, 2.05) is 93.6 Å². The van der Waals surface area contributed by atoms with Gasteiger partial charge in [-0.3, -0.25) is 14.2 Å². The van der Waals surface area contributed by atoms with Gasteiger partial charge in [0.15, 0.2) is 4.80 Å². The van der Waals surface area contributed by atoms with E-state index in [0.717, 1.165) is 16.9 Å². The van der Waals surface area contributed by atoms with Crippen LogP contribution in [0.15, 0.2) is 88.2 Å². The van der Waals surface area contributed by atoms with Crippen molar-refractivity contribution in [1.29, 1.82) is 0 Å². The second-order valence-corrected chi connectivity index (χ2v) is 11.3. The Bertz CT molecular complexity index is 1940. The summed E-state index contributed by atoms with van der Waals surface area (Å²) < 4.78 is 13.1. The second kappa shape index (κ2) is 10.9. The Morgan fingerprint density at radius 1 is 1.05 bits per heavy atom. The first-order valence-electron chi connectivity index (χ1n) is 13.8. The lowest BCUT2D eigenvalue weighted by molar-refractivity contribution is -0.138. The summed E-state index contributed by atoms with van der Waals surface area (Å²) in [6, 6.07) is 21.5. The number of ether oxygens (including phenoxy) is 2. The molecule has 3 aromatic carbocycles. The predicted molar refractivity (Wildman–Crippen MR) is 162 cm³/mol. The molecule has 4 aromatic rings. The zero-order valence-corrected chi connectivity index (χ0v) is 24.5. The highest BCUT2D eigenvalue weighted by Gasteiger charge is 2.36. The fourth-order valence-electron chi connectivity index (χ4n) is 5.31. The monoisotopic (exact) mass is 579 g/mol. The van der Waals surface area contributed by atoms with Crippen LogP contribution in [0.4, 0.5) is 5.69 Å². The molecule has 0 fully saturated rings. The first-order chi connectivity index (χ1) is 20.3. The number of esters is 1. The Hall–Kier alpha value is -4.76. The zero-order valence-electron chi connectivity index (χ0n) is 23.6. The van der Waals surface area contributed by atoms with Crippen LogP contribution in [0.25, 0.3) is 11.3 Å². The smallest absolute Gasteiger partial charge is 0.338 e. The molecule has 1 atom stereocenters. The molecule has 0 radical (unpaired) electrons. The van der Waals surface area contributed by atoms with Crippen LogP contribution in [0.1, 0.15) is 49.1 Å². The van der Waals surface area contributed by atoms with Crippen LogP contribution in [-0.2, 0) is 14.3 Å². The molecule has 1 N–H and O–H groups in total. The van der Waals surface area contributed by atoms with Crippen molar-refractivity contribution in [3.63, 3.8) is 0 Å². The van der Waals surface area contributed by atoms with E-state index in [4.69, 9.17) is 14.5 Å². The van der Waals surface area contributed by atoms with E-state index in [1.54, 1.807) is 6.92 Å².